The summed E-state index contributed by atoms with van der Waals surface area (Å²) < 4.78 is 1.46. The number of nitrogens with zero attached hydrogens (tertiary/aromatic N) is 1. The van der Waals surface area contributed by atoms with Gasteiger partial charge in [0.1, 0.15) is 5.75 Å². The molecular weight excluding hydrogens is 396 g/mol. The number of phenolic OH excluding ortho intramolecular Hbond substituents is 1. The fourth-order valence-electron chi connectivity index (χ4n) is 2.85. The van der Waals surface area contributed by atoms with Gasteiger partial charge in [0.25, 0.3) is 0 Å². The van der Waals surface area contributed by atoms with E-state index in [-0.39, 0.29) is 5.75 Å². The lowest BCUT2D eigenvalue weighted by Crippen LogP contribution is -2.38. The lowest BCUT2D eigenvalue weighted by atomic mass is 10.0. The van der Waals surface area contributed by atoms with Crippen LogP contribution in [0.15, 0.2) is 21.1 Å². The van der Waals surface area contributed by atoms with Crippen LogP contribution in [0.1, 0.15) is 38.2 Å². The summed E-state index contributed by atoms with van der Waals surface area (Å²) in [7, 11) is 0. The summed E-state index contributed by atoms with van der Waals surface area (Å²) in [6.07, 6.45) is 5.28. The largest absolute Gasteiger partial charge is 0.506 e. The molecule has 1 aromatic rings. The van der Waals surface area contributed by atoms with E-state index in [0.29, 0.717) is 0 Å². The van der Waals surface area contributed by atoms with E-state index in [2.05, 4.69) is 49.0 Å². The normalized spacial score (nSPS) is 19.9. The van der Waals surface area contributed by atoms with E-state index < -0.39 is 0 Å². The zero-order valence-corrected chi connectivity index (χ0v) is 15.7. The van der Waals surface area contributed by atoms with E-state index in [0.717, 1.165) is 33.6 Å². The summed E-state index contributed by atoms with van der Waals surface area (Å²) >= 11 is 6.73. The van der Waals surface area contributed by atoms with E-state index in [1.807, 2.05) is 12.1 Å². The standard InChI is InChI=1S/C16H24Br2N2O/c1-12-5-2-3-7-20(12)8-4-6-19-11-13-9-14(17)16(21)15(18)10-13/h9-10,12,19,21H,2-8,11H2,1H3. The summed E-state index contributed by atoms with van der Waals surface area (Å²) in [5.41, 5.74) is 1.16. The van der Waals surface area contributed by atoms with Gasteiger partial charge in [-0.3, -0.25) is 0 Å². The Morgan fingerprint density at radius 2 is 2.00 bits per heavy atom. The highest BCUT2D eigenvalue weighted by atomic mass is 79.9. The third-order valence-electron chi connectivity index (χ3n) is 4.15. The van der Waals surface area contributed by atoms with E-state index in [1.54, 1.807) is 0 Å². The Labute approximate surface area is 144 Å². The molecule has 1 heterocycles. The molecule has 1 aromatic carbocycles. The molecular formula is C16H24Br2N2O. The van der Waals surface area contributed by atoms with Crippen LogP contribution in [0, 0.1) is 0 Å². The number of nitrogens with one attached hydrogen (secondary N) is 1. The molecule has 0 bridgehead atoms. The van der Waals surface area contributed by atoms with Gasteiger partial charge in [-0.15, -0.1) is 0 Å². The SMILES string of the molecule is CC1CCCCN1CCCNCc1cc(Br)c(O)c(Br)c1. The van der Waals surface area contributed by atoms with Crippen LogP contribution in [0.25, 0.3) is 0 Å². The van der Waals surface area contributed by atoms with E-state index in [1.165, 1.54) is 38.8 Å². The minimum Gasteiger partial charge on any atom is -0.506 e. The van der Waals surface area contributed by atoms with E-state index in [9.17, 15) is 5.11 Å². The Morgan fingerprint density at radius 1 is 1.29 bits per heavy atom. The van der Waals surface area contributed by atoms with Crippen LogP contribution in [0.2, 0.25) is 0 Å². The van der Waals surface area contributed by atoms with Gasteiger partial charge >= 0.3 is 0 Å². The van der Waals surface area contributed by atoms with Gasteiger partial charge in [0.2, 0.25) is 0 Å². The van der Waals surface area contributed by atoms with Gasteiger partial charge in [-0.25, -0.2) is 0 Å². The first-order valence-corrected chi connectivity index (χ1v) is 9.28. The first-order chi connectivity index (χ1) is 10.1. The van der Waals surface area contributed by atoms with Crippen LogP contribution >= 0.6 is 31.9 Å². The van der Waals surface area contributed by atoms with Crippen molar-refractivity contribution in [1.82, 2.24) is 10.2 Å². The highest BCUT2D eigenvalue weighted by molar-refractivity contribution is 9.11. The van der Waals surface area contributed by atoms with Crippen LogP contribution in [0.3, 0.4) is 0 Å². The Kier molecular flexibility index (Phi) is 6.99. The number of piperidine rings is 1. The average molecular weight is 420 g/mol. The van der Waals surface area contributed by atoms with Crippen LogP contribution in [0.4, 0.5) is 0 Å². The first kappa shape index (κ1) is 17.3. The number of likely N-dealkylation sites (tertiary alicyclic amines) is 1. The predicted molar refractivity (Wildman–Crippen MR) is 94.7 cm³/mol. The fourth-order valence-corrected chi connectivity index (χ4v) is 4.13. The monoisotopic (exact) mass is 418 g/mol. The molecule has 2 rings (SSSR count). The second-order valence-corrected chi connectivity index (χ2v) is 7.53. The van der Waals surface area contributed by atoms with Crippen LogP contribution in [-0.4, -0.2) is 35.7 Å². The lowest BCUT2D eigenvalue weighted by Gasteiger charge is -2.33. The molecule has 1 fully saturated rings. The topological polar surface area (TPSA) is 35.5 Å². The van der Waals surface area contributed by atoms with Crippen molar-refractivity contribution in [2.24, 2.45) is 0 Å². The minimum atomic E-state index is 0.262. The molecule has 118 valence electrons. The number of hydrogen-bond donors (Lipinski definition) is 2. The van der Waals surface area contributed by atoms with Crippen LogP contribution in [-0.2, 0) is 6.54 Å². The summed E-state index contributed by atoms with van der Waals surface area (Å²) in [5, 5.41) is 13.2. The smallest absolute Gasteiger partial charge is 0.143 e. The Morgan fingerprint density at radius 3 is 2.67 bits per heavy atom. The maximum absolute atomic E-state index is 9.69. The van der Waals surface area contributed by atoms with E-state index >= 15 is 0 Å². The van der Waals surface area contributed by atoms with Gasteiger partial charge in [-0.1, -0.05) is 6.42 Å². The lowest BCUT2D eigenvalue weighted by molar-refractivity contribution is 0.159. The third-order valence-corrected chi connectivity index (χ3v) is 5.35. The Hall–Kier alpha value is -0.100. The number of hydrogen-bond acceptors (Lipinski definition) is 3. The van der Waals surface area contributed by atoms with Crippen LogP contribution in [0.5, 0.6) is 5.75 Å². The molecule has 5 heteroatoms. The van der Waals surface area contributed by atoms with Gasteiger partial charge in [0.15, 0.2) is 0 Å². The number of halogens is 2. The summed E-state index contributed by atoms with van der Waals surface area (Å²) in [6, 6.07) is 4.67. The first-order valence-electron chi connectivity index (χ1n) is 7.69. The molecule has 1 atom stereocenters. The second kappa shape index (κ2) is 8.51. The molecule has 1 unspecified atom stereocenters. The van der Waals surface area contributed by atoms with Crippen LogP contribution < -0.4 is 5.32 Å². The van der Waals surface area contributed by atoms with Crippen molar-refractivity contribution in [2.75, 3.05) is 19.6 Å². The highest BCUT2D eigenvalue weighted by Crippen LogP contribution is 2.33. The molecule has 1 aliphatic rings. The third kappa shape index (κ3) is 5.23. The molecule has 0 radical (unpaired) electrons. The van der Waals surface area contributed by atoms with Crippen molar-refractivity contribution in [3.05, 3.63) is 26.6 Å². The van der Waals surface area contributed by atoms with Gasteiger partial charge in [0, 0.05) is 12.6 Å². The number of phenols is 1. The van der Waals surface area contributed by atoms with Gasteiger partial charge in [-0.2, -0.15) is 0 Å². The number of benzene rings is 1. The Bertz CT molecular complexity index is 445. The molecule has 0 spiro atoms. The zero-order chi connectivity index (χ0) is 15.2. The molecule has 1 saturated heterocycles. The predicted octanol–water partition coefficient (Wildman–Crippen LogP) is 4.27. The summed E-state index contributed by atoms with van der Waals surface area (Å²) in [5.74, 6) is 0.262. The quantitative estimate of drug-likeness (QED) is 0.675. The molecule has 0 saturated carbocycles. The van der Waals surface area contributed by atoms with E-state index in [4.69, 9.17) is 0 Å². The average Bonchev–Trinajstić information content (AvgIpc) is 2.46. The molecule has 0 amide bonds. The molecule has 2 N–H and O–H groups in total. The van der Waals surface area contributed by atoms with Crippen molar-refractivity contribution >= 4 is 31.9 Å². The number of rotatable bonds is 6. The molecule has 0 aliphatic carbocycles. The molecule has 21 heavy (non-hydrogen) atoms. The van der Waals surface area contributed by atoms with Gasteiger partial charge < -0.3 is 15.3 Å². The maximum Gasteiger partial charge on any atom is 0.143 e. The second-order valence-electron chi connectivity index (χ2n) is 5.82. The number of aromatic hydroxyl groups is 1. The summed E-state index contributed by atoms with van der Waals surface area (Å²) in [4.78, 5) is 2.61. The van der Waals surface area contributed by atoms with Crippen molar-refractivity contribution in [3.63, 3.8) is 0 Å². The highest BCUT2D eigenvalue weighted by Gasteiger charge is 2.16. The van der Waals surface area contributed by atoms with Gasteiger partial charge in [-0.05, 0) is 95.4 Å². The van der Waals surface area contributed by atoms with Gasteiger partial charge in [0.05, 0.1) is 8.95 Å². The minimum absolute atomic E-state index is 0.262. The van der Waals surface area contributed by atoms with Crippen molar-refractivity contribution in [1.29, 1.82) is 0 Å². The van der Waals surface area contributed by atoms with Crippen molar-refractivity contribution < 1.29 is 5.11 Å². The molecule has 3 nitrogen and oxygen atoms in total. The Balaban J connectivity index is 1.68. The maximum atomic E-state index is 9.69. The fraction of sp³-hybridized carbons (Fsp3) is 0.625. The van der Waals surface area contributed by atoms with Crippen molar-refractivity contribution in [3.8, 4) is 5.75 Å². The summed E-state index contributed by atoms with van der Waals surface area (Å²) in [6.45, 7) is 6.65. The molecule has 0 aromatic heterocycles. The molecule has 1 aliphatic heterocycles. The van der Waals surface area contributed by atoms with Crippen molar-refractivity contribution in [2.45, 2.75) is 45.2 Å². The zero-order valence-electron chi connectivity index (χ0n) is 12.5.